The highest BCUT2D eigenvalue weighted by Crippen LogP contribution is 2.46. The molecule has 1 aliphatic heterocycles. The average molecular weight is 338 g/mol. The predicted octanol–water partition coefficient (Wildman–Crippen LogP) is 4.51. The Morgan fingerprint density at radius 1 is 0.923 bits per heavy atom. The zero-order valence-corrected chi connectivity index (χ0v) is 13.8. The molecular formula is C22H14N2O2. The van der Waals surface area contributed by atoms with E-state index >= 15 is 0 Å². The Labute approximate surface area is 149 Å². The van der Waals surface area contributed by atoms with Crippen molar-refractivity contribution in [2.75, 3.05) is 0 Å². The van der Waals surface area contributed by atoms with Crippen molar-refractivity contribution in [1.82, 2.24) is 4.98 Å². The van der Waals surface area contributed by atoms with Crippen molar-refractivity contribution in [2.24, 2.45) is 5.92 Å². The van der Waals surface area contributed by atoms with Crippen LogP contribution in [0.3, 0.4) is 0 Å². The molecular weight excluding hydrogens is 324 g/mol. The summed E-state index contributed by atoms with van der Waals surface area (Å²) in [7, 11) is 0. The summed E-state index contributed by atoms with van der Waals surface area (Å²) in [5, 5.41) is 11.7. The second-order valence-electron chi connectivity index (χ2n) is 6.49. The summed E-state index contributed by atoms with van der Waals surface area (Å²) in [5.74, 6) is -1.16. The molecule has 4 nitrogen and oxygen atoms in total. The van der Waals surface area contributed by atoms with Crippen molar-refractivity contribution in [3.8, 4) is 11.8 Å². The van der Waals surface area contributed by atoms with E-state index in [0.717, 1.165) is 32.9 Å². The number of benzene rings is 3. The Bertz CT molecular complexity index is 1200. The smallest absolute Gasteiger partial charge is 0.329 e. The lowest BCUT2D eigenvalue weighted by Gasteiger charge is -2.28. The lowest BCUT2D eigenvalue weighted by atomic mass is 9.79. The molecule has 1 N–H and O–H groups in total. The van der Waals surface area contributed by atoms with Crippen LogP contribution in [0.2, 0.25) is 0 Å². The number of ether oxygens (including phenoxy) is 1. The summed E-state index contributed by atoms with van der Waals surface area (Å²) in [6.07, 6.45) is 0. The third-order valence-electron chi connectivity index (χ3n) is 5.09. The van der Waals surface area contributed by atoms with Gasteiger partial charge >= 0.3 is 5.97 Å². The number of carbonyl (C=O) groups excluding carboxylic acids is 1. The number of hydrogen-bond acceptors (Lipinski definition) is 3. The second-order valence-corrected chi connectivity index (χ2v) is 6.49. The topological polar surface area (TPSA) is 65.9 Å². The number of para-hydroxylation sites is 1. The maximum atomic E-state index is 12.6. The molecule has 1 aliphatic rings. The molecule has 4 aromatic rings. The Morgan fingerprint density at radius 3 is 2.50 bits per heavy atom. The Morgan fingerprint density at radius 2 is 1.69 bits per heavy atom. The molecule has 4 heteroatoms. The number of aromatic nitrogens is 1. The fourth-order valence-corrected chi connectivity index (χ4v) is 3.90. The quantitative estimate of drug-likeness (QED) is 0.410. The van der Waals surface area contributed by atoms with Crippen molar-refractivity contribution in [2.45, 2.75) is 5.92 Å². The van der Waals surface area contributed by atoms with E-state index in [0.29, 0.717) is 5.75 Å². The molecule has 0 spiro atoms. The molecule has 2 atom stereocenters. The van der Waals surface area contributed by atoms with Crippen LogP contribution in [-0.4, -0.2) is 11.0 Å². The largest absolute Gasteiger partial charge is 0.423 e. The number of carbonyl (C=O) groups is 1. The van der Waals surface area contributed by atoms with E-state index in [1.165, 1.54) is 0 Å². The maximum Gasteiger partial charge on any atom is 0.329 e. The van der Waals surface area contributed by atoms with Crippen LogP contribution < -0.4 is 4.74 Å². The van der Waals surface area contributed by atoms with E-state index in [-0.39, 0.29) is 5.92 Å². The van der Waals surface area contributed by atoms with Crippen molar-refractivity contribution in [1.29, 1.82) is 5.26 Å². The monoisotopic (exact) mass is 338 g/mol. The SMILES string of the molecule is N#CC1C(=O)Oc2c(ccc3c2[nH]c2ccccc23)C1c1ccccc1. The highest BCUT2D eigenvalue weighted by Gasteiger charge is 2.40. The summed E-state index contributed by atoms with van der Waals surface area (Å²) >= 11 is 0. The minimum Gasteiger partial charge on any atom is -0.423 e. The number of esters is 1. The van der Waals surface area contributed by atoms with Crippen molar-refractivity contribution in [3.63, 3.8) is 0 Å². The Balaban J connectivity index is 1.83. The van der Waals surface area contributed by atoms with Gasteiger partial charge in [-0.3, -0.25) is 4.79 Å². The molecule has 0 bridgehead atoms. The van der Waals surface area contributed by atoms with E-state index in [1.807, 2.05) is 66.7 Å². The van der Waals surface area contributed by atoms with Crippen LogP contribution in [-0.2, 0) is 4.79 Å². The molecule has 0 saturated heterocycles. The highest BCUT2D eigenvalue weighted by atomic mass is 16.5. The molecule has 0 amide bonds. The van der Waals surface area contributed by atoms with Gasteiger partial charge in [0.15, 0.2) is 11.7 Å². The van der Waals surface area contributed by atoms with Gasteiger partial charge in [-0.05, 0) is 11.6 Å². The van der Waals surface area contributed by atoms with Gasteiger partial charge in [-0.2, -0.15) is 5.26 Å². The van der Waals surface area contributed by atoms with E-state index in [4.69, 9.17) is 4.74 Å². The van der Waals surface area contributed by atoms with Gasteiger partial charge in [-0.25, -0.2) is 0 Å². The maximum absolute atomic E-state index is 12.6. The van der Waals surface area contributed by atoms with Crippen molar-refractivity contribution in [3.05, 3.63) is 77.9 Å². The molecule has 1 aromatic heterocycles. The summed E-state index contributed by atoms with van der Waals surface area (Å²) in [5.41, 5.74) is 3.59. The van der Waals surface area contributed by atoms with Crippen LogP contribution in [0.25, 0.3) is 21.8 Å². The van der Waals surface area contributed by atoms with Crippen LogP contribution >= 0.6 is 0 Å². The first-order chi connectivity index (χ1) is 12.8. The van der Waals surface area contributed by atoms with Crippen LogP contribution in [0.1, 0.15) is 17.0 Å². The summed E-state index contributed by atoms with van der Waals surface area (Å²) < 4.78 is 5.64. The molecule has 5 rings (SSSR count). The number of hydrogen-bond donors (Lipinski definition) is 1. The first-order valence-electron chi connectivity index (χ1n) is 8.47. The zero-order valence-electron chi connectivity index (χ0n) is 13.8. The molecule has 0 saturated carbocycles. The van der Waals surface area contributed by atoms with Gasteiger partial charge in [-0.15, -0.1) is 0 Å². The number of nitriles is 1. The lowest BCUT2D eigenvalue weighted by Crippen LogP contribution is -2.31. The minimum atomic E-state index is -0.855. The predicted molar refractivity (Wildman–Crippen MR) is 98.8 cm³/mol. The number of H-pyrrole nitrogens is 1. The van der Waals surface area contributed by atoms with E-state index in [2.05, 4.69) is 11.1 Å². The third kappa shape index (κ3) is 1.98. The standard InChI is InChI=1S/C22H14N2O2/c23-12-17-19(13-6-2-1-3-7-13)16-11-10-15-14-8-4-5-9-18(14)24-20(15)21(16)26-22(17)25/h1-11,17,19,24H. The van der Waals surface area contributed by atoms with Crippen LogP contribution in [0.15, 0.2) is 66.7 Å². The molecule has 0 fully saturated rings. The Kier molecular flexibility index (Phi) is 3.10. The number of nitrogens with one attached hydrogen (secondary N) is 1. The summed E-state index contributed by atoms with van der Waals surface area (Å²) in [6, 6.07) is 23.8. The van der Waals surface area contributed by atoms with Crippen LogP contribution in [0, 0.1) is 17.2 Å². The van der Waals surface area contributed by atoms with Gasteiger partial charge in [0.05, 0.1) is 11.6 Å². The molecule has 2 unspecified atom stereocenters. The lowest BCUT2D eigenvalue weighted by molar-refractivity contribution is -0.138. The van der Waals surface area contributed by atoms with Gasteiger partial charge in [0.1, 0.15) is 0 Å². The number of nitrogens with zero attached hydrogens (tertiary/aromatic N) is 1. The van der Waals surface area contributed by atoms with Crippen molar-refractivity contribution >= 4 is 27.8 Å². The second kappa shape index (κ2) is 5.47. The highest BCUT2D eigenvalue weighted by molar-refractivity contribution is 6.10. The summed E-state index contributed by atoms with van der Waals surface area (Å²) in [6.45, 7) is 0. The minimum absolute atomic E-state index is 0.340. The molecule has 0 aliphatic carbocycles. The first kappa shape index (κ1) is 14.7. The molecule has 2 heterocycles. The molecule has 3 aromatic carbocycles. The number of fused-ring (bicyclic) bond motifs is 5. The average Bonchev–Trinajstić information content (AvgIpc) is 3.07. The van der Waals surface area contributed by atoms with E-state index in [1.54, 1.807) is 0 Å². The Hall–Kier alpha value is -3.58. The third-order valence-corrected chi connectivity index (χ3v) is 5.09. The van der Waals surface area contributed by atoms with Crippen LogP contribution in [0.5, 0.6) is 5.75 Å². The van der Waals surface area contributed by atoms with E-state index < -0.39 is 11.9 Å². The zero-order chi connectivity index (χ0) is 17.7. The van der Waals surface area contributed by atoms with Gasteiger partial charge in [0.2, 0.25) is 0 Å². The van der Waals surface area contributed by atoms with Crippen LogP contribution in [0.4, 0.5) is 0 Å². The van der Waals surface area contributed by atoms with Gasteiger partial charge in [-0.1, -0.05) is 60.7 Å². The fraction of sp³-hybridized carbons (Fsp3) is 0.0909. The normalized spacial score (nSPS) is 19.1. The summed E-state index contributed by atoms with van der Waals surface area (Å²) in [4.78, 5) is 15.9. The molecule has 124 valence electrons. The fourth-order valence-electron chi connectivity index (χ4n) is 3.90. The number of rotatable bonds is 1. The molecule has 0 radical (unpaired) electrons. The van der Waals surface area contributed by atoms with Gasteiger partial charge < -0.3 is 9.72 Å². The van der Waals surface area contributed by atoms with E-state index in [9.17, 15) is 10.1 Å². The van der Waals surface area contributed by atoms with Gasteiger partial charge in [0, 0.05) is 27.8 Å². The van der Waals surface area contributed by atoms with Gasteiger partial charge in [0.25, 0.3) is 0 Å². The number of aromatic amines is 1. The molecule has 26 heavy (non-hydrogen) atoms. The first-order valence-corrected chi connectivity index (χ1v) is 8.47. The van der Waals surface area contributed by atoms with Crippen molar-refractivity contribution < 1.29 is 9.53 Å².